The summed E-state index contributed by atoms with van der Waals surface area (Å²) in [6, 6.07) is 17.6. The molecule has 1 aliphatic heterocycles. The van der Waals surface area contributed by atoms with Crippen LogP contribution < -0.4 is 9.47 Å². The first-order valence-corrected chi connectivity index (χ1v) is 9.47. The Balaban J connectivity index is 1.58. The smallest absolute Gasteiger partial charge is 0.123 e. The lowest BCUT2D eigenvalue weighted by atomic mass is 9.73. The van der Waals surface area contributed by atoms with Crippen molar-refractivity contribution in [3.8, 4) is 11.5 Å². The maximum absolute atomic E-state index is 10.6. The van der Waals surface area contributed by atoms with E-state index in [2.05, 4.69) is 17.0 Å². The number of aliphatic hydroxyl groups is 2. The Morgan fingerprint density at radius 3 is 2.63 bits per heavy atom. The van der Waals surface area contributed by atoms with Gasteiger partial charge in [0.25, 0.3) is 0 Å². The van der Waals surface area contributed by atoms with Gasteiger partial charge in [-0.1, -0.05) is 36.4 Å². The molecule has 0 unspecified atom stereocenters. The van der Waals surface area contributed by atoms with Gasteiger partial charge in [-0.05, 0) is 30.5 Å². The fourth-order valence-electron chi connectivity index (χ4n) is 3.80. The number of rotatable bonds is 8. The van der Waals surface area contributed by atoms with Gasteiger partial charge in [0.1, 0.15) is 18.1 Å². The van der Waals surface area contributed by atoms with Crippen molar-refractivity contribution < 1.29 is 19.7 Å². The van der Waals surface area contributed by atoms with Crippen LogP contribution in [0, 0.1) is 5.41 Å². The number of benzene rings is 2. The van der Waals surface area contributed by atoms with E-state index in [1.54, 1.807) is 7.11 Å². The van der Waals surface area contributed by atoms with E-state index in [1.807, 2.05) is 42.5 Å². The first-order valence-electron chi connectivity index (χ1n) is 9.47. The minimum atomic E-state index is -0.532. The Kier molecular flexibility index (Phi) is 6.72. The first-order chi connectivity index (χ1) is 13.1. The van der Waals surface area contributed by atoms with Gasteiger partial charge in [-0.3, -0.25) is 4.90 Å². The fraction of sp³-hybridized carbons (Fsp3) is 0.455. The van der Waals surface area contributed by atoms with Crippen LogP contribution in [-0.4, -0.2) is 61.2 Å². The highest BCUT2D eigenvalue weighted by atomic mass is 16.5. The fourth-order valence-corrected chi connectivity index (χ4v) is 3.80. The second kappa shape index (κ2) is 9.22. The van der Waals surface area contributed by atoms with Crippen molar-refractivity contribution >= 4 is 0 Å². The third-order valence-corrected chi connectivity index (χ3v) is 5.40. The van der Waals surface area contributed by atoms with Gasteiger partial charge in [-0.2, -0.15) is 0 Å². The van der Waals surface area contributed by atoms with E-state index >= 15 is 0 Å². The molecule has 2 aromatic rings. The zero-order valence-electron chi connectivity index (χ0n) is 15.9. The van der Waals surface area contributed by atoms with Crippen LogP contribution in [0.15, 0.2) is 54.6 Å². The van der Waals surface area contributed by atoms with Crippen LogP contribution in [0.4, 0.5) is 0 Å². The minimum absolute atomic E-state index is 0.0314. The zero-order valence-corrected chi connectivity index (χ0v) is 15.9. The summed E-state index contributed by atoms with van der Waals surface area (Å²) in [5.74, 6) is 1.56. The lowest BCUT2D eigenvalue weighted by molar-refractivity contribution is -0.0763. The molecular formula is C22H29NO4. The van der Waals surface area contributed by atoms with Crippen molar-refractivity contribution in [2.24, 2.45) is 5.41 Å². The molecule has 0 bridgehead atoms. The number of hydrogen-bond donors (Lipinski definition) is 2. The van der Waals surface area contributed by atoms with Crippen molar-refractivity contribution in [1.82, 2.24) is 4.90 Å². The molecule has 2 atom stereocenters. The Bertz CT molecular complexity index is 708. The number of hydrogen-bond acceptors (Lipinski definition) is 5. The Morgan fingerprint density at radius 1 is 1.11 bits per heavy atom. The largest absolute Gasteiger partial charge is 0.497 e. The lowest BCUT2D eigenvalue weighted by Crippen LogP contribution is -2.55. The lowest BCUT2D eigenvalue weighted by Gasteiger charge is -2.45. The summed E-state index contributed by atoms with van der Waals surface area (Å²) >= 11 is 0. The third-order valence-electron chi connectivity index (χ3n) is 5.40. The average Bonchev–Trinajstić information content (AvgIpc) is 2.71. The summed E-state index contributed by atoms with van der Waals surface area (Å²) in [5, 5.41) is 20.7. The highest BCUT2D eigenvalue weighted by Gasteiger charge is 2.42. The Labute approximate surface area is 161 Å². The summed E-state index contributed by atoms with van der Waals surface area (Å²) in [7, 11) is 1.64. The van der Waals surface area contributed by atoms with Crippen LogP contribution in [0.3, 0.4) is 0 Å². The quantitative estimate of drug-likeness (QED) is 0.746. The van der Waals surface area contributed by atoms with Crippen molar-refractivity contribution in [2.45, 2.75) is 18.9 Å². The number of aliphatic hydroxyl groups excluding tert-OH is 2. The summed E-state index contributed by atoms with van der Waals surface area (Å²) in [6.07, 6.45) is 0.823. The van der Waals surface area contributed by atoms with Gasteiger partial charge in [-0.15, -0.1) is 0 Å². The second-order valence-corrected chi connectivity index (χ2v) is 7.29. The van der Waals surface area contributed by atoms with E-state index in [9.17, 15) is 10.2 Å². The summed E-state index contributed by atoms with van der Waals surface area (Å²) in [6.45, 7) is 2.73. The van der Waals surface area contributed by atoms with Crippen molar-refractivity contribution in [3.63, 3.8) is 0 Å². The molecule has 0 aromatic heterocycles. The molecule has 1 aliphatic rings. The minimum Gasteiger partial charge on any atom is -0.497 e. The van der Waals surface area contributed by atoms with E-state index in [4.69, 9.17) is 9.47 Å². The van der Waals surface area contributed by atoms with E-state index in [0.717, 1.165) is 30.2 Å². The molecule has 1 fully saturated rings. The second-order valence-electron chi connectivity index (χ2n) is 7.29. The molecule has 3 rings (SSSR count). The van der Waals surface area contributed by atoms with Crippen LogP contribution in [0.5, 0.6) is 11.5 Å². The molecule has 5 heteroatoms. The average molecular weight is 371 g/mol. The normalized spacial score (nSPS) is 23.1. The highest BCUT2D eigenvalue weighted by Crippen LogP contribution is 2.33. The molecule has 0 amide bonds. The molecule has 2 N–H and O–H groups in total. The van der Waals surface area contributed by atoms with Gasteiger partial charge < -0.3 is 19.7 Å². The monoisotopic (exact) mass is 371 g/mol. The number of ether oxygens (including phenoxy) is 2. The summed E-state index contributed by atoms with van der Waals surface area (Å²) in [4.78, 5) is 2.27. The van der Waals surface area contributed by atoms with Gasteiger partial charge >= 0.3 is 0 Å². The number of piperidine rings is 1. The molecule has 2 aromatic carbocycles. The maximum atomic E-state index is 10.6. The van der Waals surface area contributed by atoms with Crippen molar-refractivity contribution in [2.75, 3.05) is 40.0 Å². The van der Waals surface area contributed by atoms with Crippen LogP contribution in [-0.2, 0) is 6.42 Å². The van der Waals surface area contributed by atoms with E-state index in [0.29, 0.717) is 26.0 Å². The van der Waals surface area contributed by atoms with Crippen molar-refractivity contribution in [3.05, 3.63) is 60.2 Å². The van der Waals surface area contributed by atoms with Gasteiger partial charge in [0.05, 0.1) is 19.8 Å². The SMILES string of the molecule is COc1cccc(OCCN2CC[C@H](O)[C@](CO)(Cc3ccccc3)C2)c1. The van der Waals surface area contributed by atoms with Gasteiger partial charge in [0, 0.05) is 31.1 Å². The molecule has 0 aliphatic carbocycles. The zero-order chi connectivity index (χ0) is 19.1. The van der Waals surface area contributed by atoms with Crippen molar-refractivity contribution in [1.29, 1.82) is 0 Å². The molecule has 0 spiro atoms. The maximum Gasteiger partial charge on any atom is 0.123 e. The number of likely N-dealkylation sites (tertiary alicyclic amines) is 1. The number of methoxy groups -OCH3 is 1. The summed E-state index contributed by atoms with van der Waals surface area (Å²) < 4.78 is 11.1. The molecule has 5 nitrogen and oxygen atoms in total. The molecule has 0 radical (unpaired) electrons. The van der Waals surface area contributed by atoms with Crippen LogP contribution in [0.2, 0.25) is 0 Å². The van der Waals surface area contributed by atoms with Gasteiger partial charge in [-0.25, -0.2) is 0 Å². The predicted molar refractivity (Wildman–Crippen MR) is 105 cm³/mol. The predicted octanol–water partition coefficient (Wildman–Crippen LogP) is 2.36. The van der Waals surface area contributed by atoms with Crippen LogP contribution >= 0.6 is 0 Å². The van der Waals surface area contributed by atoms with E-state index in [-0.39, 0.29) is 6.61 Å². The van der Waals surface area contributed by atoms with Crippen LogP contribution in [0.1, 0.15) is 12.0 Å². The Hall–Kier alpha value is -2.08. The third kappa shape index (κ3) is 5.01. The first kappa shape index (κ1) is 19.7. The molecular weight excluding hydrogens is 342 g/mol. The number of nitrogens with zero attached hydrogens (tertiary/aromatic N) is 1. The molecule has 1 heterocycles. The van der Waals surface area contributed by atoms with Crippen LogP contribution in [0.25, 0.3) is 0 Å². The highest BCUT2D eigenvalue weighted by molar-refractivity contribution is 5.32. The molecule has 146 valence electrons. The van der Waals surface area contributed by atoms with E-state index in [1.165, 1.54) is 0 Å². The molecule has 0 saturated carbocycles. The summed E-state index contributed by atoms with van der Waals surface area (Å²) in [5.41, 5.74) is 0.607. The molecule has 27 heavy (non-hydrogen) atoms. The molecule has 1 saturated heterocycles. The topological polar surface area (TPSA) is 62.2 Å². The van der Waals surface area contributed by atoms with E-state index < -0.39 is 11.5 Å². The van der Waals surface area contributed by atoms with Gasteiger partial charge in [0.15, 0.2) is 0 Å². The Morgan fingerprint density at radius 2 is 1.89 bits per heavy atom. The van der Waals surface area contributed by atoms with Gasteiger partial charge in [0.2, 0.25) is 0 Å². The standard InChI is InChI=1S/C22H29NO4/c1-26-19-8-5-9-20(14-19)27-13-12-23-11-10-21(25)22(16-23,17-24)15-18-6-3-2-4-7-18/h2-9,14,21,24-25H,10-13,15-17H2,1H3/t21-,22+/m0/s1.